The molecule has 0 aromatic heterocycles. The molecule has 5 heteroatoms. The van der Waals surface area contributed by atoms with Gasteiger partial charge in [0.25, 0.3) is 0 Å². The van der Waals surface area contributed by atoms with Crippen LogP contribution < -0.4 is 4.74 Å². The Morgan fingerprint density at radius 3 is 2.69 bits per heavy atom. The van der Waals surface area contributed by atoms with Crippen molar-refractivity contribution in [2.24, 2.45) is 0 Å². The van der Waals surface area contributed by atoms with E-state index >= 15 is 0 Å². The lowest BCUT2D eigenvalue weighted by molar-refractivity contribution is 0.0695. The van der Waals surface area contributed by atoms with Gasteiger partial charge in [0.1, 0.15) is 5.75 Å². The highest BCUT2D eigenvalue weighted by Crippen LogP contribution is 2.32. The van der Waals surface area contributed by atoms with Crippen LogP contribution in [0.25, 0.3) is 0 Å². The second-order valence-electron chi connectivity index (χ2n) is 2.27. The van der Waals surface area contributed by atoms with E-state index in [2.05, 4.69) is 15.9 Å². The number of ether oxygens (including phenoxy) is 1. The number of hydrogen-bond donors (Lipinski definition) is 1. The third kappa shape index (κ3) is 2.14. The van der Waals surface area contributed by atoms with Gasteiger partial charge in [-0.15, -0.1) is 0 Å². The summed E-state index contributed by atoms with van der Waals surface area (Å²) in [4.78, 5) is 10.7. The van der Waals surface area contributed by atoms with Crippen molar-refractivity contribution in [1.29, 1.82) is 0 Å². The molecule has 0 radical (unpaired) electrons. The van der Waals surface area contributed by atoms with Gasteiger partial charge in [-0.25, -0.2) is 4.79 Å². The Morgan fingerprint density at radius 2 is 2.23 bits per heavy atom. The molecule has 0 saturated carbocycles. The molecular formula is C8H6BrClO3. The summed E-state index contributed by atoms with van der Waals surface area (Å²) < 4.78 is 5.32. The average Bonchev–Trinajstić information content (AvgIpc) is 2.08. The van der Waals surface area contributed by atoms with Gasteiger partial charge in [-0.1, -0.05) is 11.6 Å². The highest BCUT2D eigenvalue weighted by atomic mass is 79.9. The summed E-state index contributed by atoms with van der Waals surface area (Å²) in [6, 6.07) is 2.90. The van der Waals surface area contributed by atoms with Crippen molar-refractivity contribution in [1.82, 2.24) is 0 Å². The fraction of sp³-hybridized carbons (Fsp3) is 0.125. The molecule has 0 aliphatic carbocycles. The summed E-state index contributed by atoms with van der Waals surface area (Å²) >= 11 is 8.79. The van der Waals surface area contributed by atoms with E-state index in [4.69, 9.17) is 21.4 Å². The van der Waals surface area contributed by atoms with E-state index in [9.17, 15) is 4.79 Å². The van der Waals surface area contributed by atoms with Crippen molar-refractivity contribution >= 4 is 33.5 Å². The molecule has 0 aliphatic rings. The SMILES string of the molecule is COc1cc(Cl)cc(C(=O)O)c1Br. The van der Waals surface area contributed by atoms with Crippen LogP contribution >= 0.6 is 27.5 Å². The number of methoxy groups -OCH3 is 1. The van der Waals surface area contributed by atoms with Crippen LogP contribution in [0, 0.1) is 0 Å². The largest absolute Gasteiger partial charge is 0.495 e. The fourth-order valence-electron chi connectivity index (χ4n) is 0.868. The molecule has 0 fully saturated rings. The van der Waals surface area contributed by atoms with Crippen LogP contribution in [0.2, 0.25) is 5.02 Å². The summed E-state index contributed by atoms with van der Waals surface area (Å²) in [6.45, 7) is 0. The minimum absolute atomic E-state index is 0.0874. The Hall–Kier alpha value is -0.740. The summed E-state index contributed by atoms with van der Waals surface area (Å²) in [5, 5.41) is 9.10. The first kappa shape index (κ1) is 10.3. The molecule has 70 valence electrons. The molecule has 0 saturated heterocycles. The molecule has 1 aromatic rings. The van der Waals surface area contributed by atoms with E-state index in [0.29, 0.717) is 15.2 Å². The number of halogens is 2. The van der Waals surface area contributed by atoms with E-state index in [-0.39, 0.29) is 5.56 Å². The van der Waals surface area contributed by atoms with E-state index in [1.165, 1.54) is 19.2 Å². The van der Waals surface area contributed by atoms with Gasteiger partial charge in [0.15, 0.2) is 0 Å². The van der Waals surface area contributed by atoms with Crippen LogP contribution in [0.3, 0.4) is 0 Å². The fourth-order valence-corrected chi connectivity index (χ4v) is 1.64. The van der Waals surface area contributed by atoms with Crippen LogP contribution in [-0.2, 0) is 0 Å². The van der Waals surface area contributed by atoms with Crippen LogP contribution in [0.4, 0.5) is 0 Å². The first-order chi connectivity index (χ1) is 6.06. The van der Waals surface area contributed by atoms with Gasteiger partial charge in [0.2, 0.25) is 0 Å². The van der Waals surface area contributed by atoms with Crippen molar-refractivity contribution in [2.75, 3.05) is 7.11 Å². The zero-order valence-electron chi connectivity index (χ0n) is 6.67. The van der Waals surface area contributed by atoms with Gasteiger partial charge in [-0.05, 0) is 28.1 Å². The molecular weight excluding hydrogens is 259 g/mol. The van der Waals surface area contributed by atoms with Crippen molar-refractivity contribution < 1.29 is 14.6 Å². The Kier molecular flexibility index (Phi) is 3.17. The molecule has 0 amide bonds. The monoisotopic (exact) mass is 264 g/mol. The highest BCUT2D eigenvalue weighted by Gasteiger charge is 2.13. The first-order valence-corrected chi connectivity index (χ1v) is 4.49. The molecule has 13 heavy (non-hydrogen) atoms. The van der Waals surface area contributed by atoms with Gasteiger partial charge in [0, 0.05) is 5.02 Å². The predicted octanol–water partition coefficient (Wildman–Crippen LogP) is 2.81. The predicted molar refractivity (Wildman–Crippen MR) is 52.7 cm³/mol. The molecule has 1 aromatic carbocycles. The van der Waals surface area contributed by atoms with Crippen molar-refractivity contribution in [3.63, 3.8) is 0 Å². The lowest BCUT2D eigenvalue weighted by Crippen LogP contribution is -1.99. The van der Waals surface area contributed by atoms with Crippen LogP contribution in [0.5, 0.6) is 5.75 Å². The number of rotatable bonds is 2. The maximum atomic E-state index is 10.7. The molecule has 0 heterocycles. The minimum atomic E-state index is -1.05. The lowest BCUT2D eigenvalue weighted by atomic mass is 10.2. The van der Waals surface area contributed by atoms with Crippen LogP contribution in [-0.4, -0.2) is 18.2 Å². The van der Waals surface area contributed by atoms with Gasteiger partial charge in [-0.3, -0.25) is 0 Å². The summed E-state index contributed by atoms with van der Waals surface area (Å²) in [5.41, 5.74) is 0.0874. The van der Waals surface area contributed by atoms with Crippen molar-refractivity contribution in [3.05, 3.63) is 27.2 Å². The zero-order chi connectivity index (χ0) is 10.0. The summed E-state index contributed by atoms with van der Waals surface area (Å²) in [7, 11) is 1.45. The molecule has 3 nitrogen and oxygen atoms in total. The summed E-state index contributed by atoms with van der Waals surface area (Å²) in [5.74, 6) is -0.641. The van der Waals surface area contributed by atoms with E-state index in [0.717, 1.165) is 0 Å². The van der Waals surface area contributed by atoms with Crippen molar-refractivity contribution in [2.45, 2.75) is 0 Å². The van der Waals surface area contributed by atoms with Crippen LogP contribution in [0.1, 0.15) is 10.4 Å². The first-order valence-electron chi connectivity index (χ1n) is 3.32. The van der Waals surface area contributed by atoms with Gasteiger partial charge in [-0.2, -0.15) is 0 Å². The standard InChI is InChI=1S/C8H6BrClO3/c1-13-6-3-4(10)2-5(7(6)9)8(11)12/h2-3H,1H3,(H,11,12). The number of carboxylic acid groups (broad SMARTS) is 1. The Balaban J connectivity index is 3.35. The maximum Gasteiger partial charge on any atom is 0.337 e. The molecule has 0 unspecified atom stereocenters. The molecule has 0 bridgehead atoms. The summed E-state index contributed by atoms with van der Waals surface area (Å²) in [6.07, 6.45) is 0. The Morgan fingerprint density at radius 1 is 1.62 bits per heavy atom. The second-order valence-corrected chi connectivity index (χ2v) is 3.50. The molecule has 0 atom stereocenters. The maximum absolute atomic E-state index is 10.7. The topological polar surface area (TPSA) is 46.5 Å². The molecule has 0 aliphatic heterocycles. The quantitative estimate of drug-likeness (QED) is 0.894. The van der Waals surface area contributed by atoms with Gasteiger partial charge >= 0.3 is 5.97 Å². The molecule has 1 N–H and O–H groups in total. The third-order valence-corrected chi connectivity index (χ3v) is 2.49. The minimum Gasteiger partial charge on any atom is -0.495 e. The Labute approximate surface area is 88.4 Å². The number of carboxylic acids is 1. The van der Waals surface area contributed by atoms with Crippen LogP contribution in [0.15, 0.2) is 16.6 Å². The van der Waals surface area contributed by atoms with Crippen molar-refractivity contribution in [3.8, 4) is 5.75 Å². The smallest absolute Gasteiger partial charge is 0.337 e. The number of aromatic carboxylic acids is 1. The van der Waals surface area contributed by atoms with E-state index < -0.39 is 5.97 Å². The van der Waals surface area contributed by atoms with E-state index in [1.807, 2.05) is 0 Å². The normalized spacial score (nSPS) is 9.77. The lowest BCUT2D eigenvalue weighted by Gasteiger charge is -2.06. The third-order valence-electron chi connectivity index (χ3n) is 1.45. The molecule has 0 spiro atoms. The zero-order valence-corrected chi connectivity index (χ0v) is 9.02. The van der Waals surface area contributed by atoms with E-state index in [1.54, 1.807) is 0 Å². The number of benzene rings is 1. The second kappa shape index (κ2) is 3.98. The average molecular weight is 265 g/mol. The Bertz CT molecular complexity index is 351. The number of carbonyl (C=O) groups is 1. The van der Waals surface area contributed by atoms with Gasteiger partial charge in [0.05, 0.1) is 17.1 Å². The molecule has 1 rings (SSSR count). The highest BCUT2D eigenvalue weighted by molar-refractivity contribution is 9.10. The van der Waals surface area contributed by atoms with Gasteiger partial charge < -0.3 is 9.84 Å². The number of hydrogen-bond acceptors (Lipinski definition) is 2.